The Labute approximate surface area is 193 Å². The van der Waals surface area contributed by atoms with E-state index in [0.717, 1.165) is 18.0 Å². The van der Waals surface area contributed by atoms with Crippen LogP contribution in [-0.4, -0.2) is 56.7 Å². The summed E-state index contributed by atoms with van der Waals surface area (Å²) in [7, 11) is 0. The van der Waals surface area contributed by atoms with Crippen LogP contribution in [0.5, 0.6) is 0 Å². The van der Waals surface area contributed by atoms with Crippen LogP contribution in [-0.2, 0) is 4.74 Å². The Morgan fingerprint density at radius 2 is 1.91 bits per heavy atom. The van der Waals surface area contributed by atoms with Gasteiger partial charge in [-0.15, -0.1) is 0 Å². The van der Waals surface area contributed by atoms with Crippen LogP contribution in [0.25, 0.3) is 5.70 Å². The Bertz CT molecular complexity index is 995. The van der Waals surface area contributed by atoms with E-state index in [1.54, 1.807) is 18.5 Å². The second kappa shape index (κ2) is 10.7. The molecule has 5 N–H and O–H groups in total. The predicted molar refractivity (Wildman–Crippen MR) is 112 cm³/mol. The van der Waals surface area contributed by atoms with Crippen LogP contribution in [0.3, 0.4) is 0 Å². The molecule has 2 heterocycles. The van der Waals surface area contributed by atoms with Crippen LogP contribution >= 0.6 is 27.7 Å². The molecule has 2 aromatic rings. The number of nitrogens with zero attached hydrogens (tertiary/aromatic N) is 2. The van der Waals surface area contributed by atoms with Gasteiger partial charge in [0, 0.05) is 33.5 Å². The lowest BCUT2D eigenvalue weighted by Crippen LogP contribution is -2.61. The molecule has 13 heteroatoms. The topological polar surface area (TPSA) is 131 Å². The van der Waals surface area contributed by atoms with Gasteiger partial charge in [0.1, 0.15) is 29.4 Å². The number of nitrogens with one attached hydrogen (secondary N) is 2. The summed E-state index contributed by atoms with van der Waals surface area (Å²) in [4.78, 5) is 4.67. The fourth-order valence-corrected chi connectivity index (χ4v) is 4.64. The molecule has 3 unspecified atom stereocenters. The maximum Gasteiger partial charge on any atom is 0.194 e. The zero-order valence-electron chi connectivity index (χ0n) is 16.1. The van der Waals surface area contributed by atoms with E-state index < -0.39 is 53.8 Å². The first-order valence-electron chi connectivity index (χ1n) is 9.13. The average molecular weight is 535 g/mol. The van der Waals surface area contributed by atoms with Gasteiger partial charge in [-0.3, -0.25) is 4.98 Å². The molecule has 1 fully saturated rings. The highest BCUT2D eigenvalue weighted by Crippen LogP contribution is 2.34. The number of benzene rings is 1. The normalized spacial score (nSPS) is 26.1. The number of halogens is 4. The molecular weight excluding hydrogens is 517 g/mol. The lowest BCUT2D eigenvalue weighted by molar-refractivity contribution is -0.164. The first kappa shape index (κ1) is 24.6. The highest BCUT2D eigenvalue weighted by atomic mass is 79.9. The van der Waals surface area contributed by atoms with Crippen molar-refractivity contribution >= 4 is 33.4 Å². The van der Waals surface area contributed by atoms with Crippen molar-refractivity contribution < 1.29 is 33.2 Å². The summed E-state index contributed by atoms with van der Waals surface area (Å²) in [6.07, 6.45) is 0.419. The molecule has 1 aliphatic heterocycles. The van der Waals surface area contributed by atoms with Gasteiger partial charge in [0.05, 0.1) is 12.6 Å². The van der Waals surface area contributed by atoms with Gasteiger partial charge in [0.25, 0.3) is 0 Å². The third kappa shape index (κ3) is 5.47. The Balaban J connectivity index is 1.84. The minimum Gasteiger partial charge on any atom is -0.394 e. The summed E-state index contributed by atoms with van der Waals surface area (Å²) in [5, 5.41) is 36.7. The molecule has 1 aromatic heterocycles. The van der Waals surface area contributed by atoms with Gasteiger partial charge in [-0.1, -0.05) is 11.8 Å². The maximum absolute atomic E-state index is 13.5. The summed E-state index contributed by atoms with van der Waals surface area (Å²) in [6, 6.07) is 1.96. The van der Waals surface area contributed by atoms with E-state index in [4.69, 9.17) is 10.3 Å². The fourth-order valence-electron chi connectivity index (χ4n) is 3.03. The molecule has 172 valence electrons. The van der Waals surface area contributed by atoms with Crippen LogP contribution in [0.2, 0.25) is 0 Å². The standard InChI is InChI=1S/C19H18BrF3N4O4S/c20-9-3-10(5-25-4-9)32-19-18(30)16(17(29)14(7-28)31-19)26-6-13(27-24)8-1-11(21)15(23)12(22)2-8/h1-6,14,16-19,24,26,28-30H,7H2/b13-6-,27-24?/t14?,16?,17-,18?,19+/m0/s1. The van der Waals surface area contributed by atoms with Gasteiger partial charge in [0.15, 0.2) is 17.5 Å². The average Bonchev–Trinajstić information content (AvgIpc) is 2.76. The lowest BCUT2D eigenvalue weighted by atomic mass is 9.97. The van der Waals surface area contributed by atoms with E-state index in [9.17, 15) is 28.5 Å². The molecule has 1 aliphatic rings. The third-order valence-electron chi connectivity index (χ3n) is 4.63. The molecule has 1 aromatic carbocycles. The first-order chi connectivity index (χ1) is 15.2. The Morgan fingerprint density at radius 3 is 2.50 bits per heavy atom. The van der Waals surface area contributed by atoms with Gasteiger partial charge in [-0.05, 0) is 34.1 Å². The minimum absolute atomic E-state index is 0.232. The lowest BCUT2D eigenvalue weighted by Gasteiger charge is -2.42. The van der Waals surface area contributed by atoms with Gasteiger partial charge in [-0.2, -0.15) is 5.11 Å². The van der Waals surface area contributed by atoms with Crippen molar-refractivity contribution in [3.8, 4) is 0 Å². The first-order valence-corrected chi connectivity index (χ1v) is 10.8. The number of thioether (sulfide) groups is 1. The highest BCUT2D eigenvalue weighted by molar-refractivity contribution is 9.10. The van der Waals surface area contributed by atoms with E-state index in [0.29, 0.717) is 21.5 Å². The van der Waals surface area contributed by atoms with Crippen molar-refractivity contribution in [1.29, 1.82) is 5.53 Å². The summed E-state index contributed by atoms with van der Waals surface area (Å²) in [6.45, 7) is -0.548. The molecule has 3 rings (SSSR count). The molecule has 32 heavy (non-hydrogen) atoms. The molecule has 0 saturated carbocycles. The molecule has 5 atom stereocenters. The smallest absolute Gasteiger partial charge is 0.194 e. The second-order valence-electron chi connectivity index (χ2n) is 6.75. The number of hydrogen-bond acceptors (Lipinski definition) is 9. The Kier molecular flexibility index (Phi) is 8.25. The number of pyridine rings is 1. The zero-order valence-corrected chi connectivity index (χ0v) is 18.5. The molecule has 8 nitrogen and oxygen atoms in total. The van der Waals surface area contributed by atoms with Crippen LogP contribution < -0.4 is 5.32 Å². The number of ether oxygens (including phenoxy) is 1. The van der Waals surface area contributed by atoms with Gasteiger partial charge >= 0.3 is 0 Å². The highest BCUT2D eigenvalue weighted by Gasteiger charge is 2.44. The fraction of sp³-hybridized carbons (Fsp3) is 0.316. The van der Waals surface area contributed by atoms with Crippen molar-refractivity contribution in [3.63, 3.8) is 0 Å². The van der Waals surface area contributed by atoms with Crippen molar-refractivity contribution in [2.24, 2.45) is 5.11 Å². The quantitative estimate of drug-likeness (QED) is 0.272. The Hall–Kier alpha value is -2.03. The molecule has 0 aliphatic carbocycles. The van der Waals surface area contributed by atoms with Crippen molar-refractivity contribution in [2.75, 3.05) is 6.61 Å². The minimum atomic E-state index is -1.66. The predicted octanol–water partition coefficient (Wildman–Crippen LogP) is 2.78. The van der Waals surface area contributed by atoms with Gasteiger partial charge < -0.3 is 25.4 Å². The van der Waals surface area contributed by atoms with E-state index in [1.807, 2.05) is 0 Å². The molecule has 1 saturated heterocycles. The van der Waals surface area contributed by atoms with Crippen LogP contribution in [0.15, 0.2) is 51.3 Å². The summed E-state index contributed by atoms with van der Waals surface area (Å²) >= 11 is 4.39. The molecule has 0 bridgehead atoms. The third-order valence-corrected chi connectivity index (χ3v) is 6.18. The number of hydrogen-bond donors (Lipinski definition) is 5. The Morgan fingerprint density at radius 1 is 1.22 bits per heavy atom. The van der Waals surface area contributed by atoms with Gasteiger partial charge in [-0.25, -0.2) is 18.7 Å². The number of aromatic nitrogens is 1. The summed E-state index contributed by atoms with van der Waals surface area (Å²) in [5.41, 5.74) is 5.83. The SMILES string of the molecule is N=N/C(=C\NC1C(O)[C@@H](Sc2cncc(Br)c2)OC(CO)[C@@H]1O)c1cc(F)c(F)c(F)c1. The van der Waals surface area contributed by atoms with Gasteiger partial charge in [0.2, 0.25) is 0 Å². The van der Waals surface area contributed by atoms with Crippen LogP contribution in [0.4, 0.5) is 13.2 Å². The van der Waals surface area contributed by atoms with E-state index in [1.165, 1.54) is 0 Å². The van der Waals surface area contributed by atoms with E-state index in [-0.39, 0.29) is 11.3 Å². The summed E-state index contributed by atoms with van der Waals surface area (Å²) in [5.74, 6) is -4.57. The van der Waals surface area contributed by atoms with E-state index in [2.05, 4.69) is 31.3 Å². The van der Waals surface area contributed by atoms with Crippen molar-refractivity contribution in [1.82, 2.24) is 10.3 Å². The number of aliphatic hydroxyl groups is 3. The molecule has 0 spiro atoms. The largest absolute Gasteiger partial charge is 0.394 e. The molecule has 0 radical (unpaired) electrons. The van der Waals surface area contributed by atoms with Crippen molar-refractivity contribution in [2.45, 2.75) is 34.7 Å². The van der Waals surface area contributed by atoms with Crippen molar-refractivity contribution in [3.05, 3.63) is 64.3 Å². The molecular formula is C19H18BrF3N4O4S. The monoisotopic (exact) mass is 534 g/mol. The van der Waals surface area contributed by atoms with Crippen LogP contribution in [0.1, 0.15) is 5.56 Å². The maximum atomic E-state index is 13.5. The van der Waals surface area contributed by atoms with E-state index >= 15 is 0 Å². The molecule has 0 amide bonds. The number of aliphatic hydroxyl groups excluding tert-OH is 3. The van der Waals surface area contributed by atoms with Crippen LogP contribution in [0, 0.1) is 23.0 Å². The number of rotatable bonds is 7. The second-order valence-corrected chi connectivity index (χ2v) is 8.84. The summed E-state index contributed by atoms with van der Waals surface area (Å²) < 4.78 is 46.6. The zero-order chi connectivity index (χ0) is 23.4.